The molecule has 166 valence electrons. The van der Waals surface area contributed by atoms with Gasteiger partial charge >= 0.3 is 5.97 Å². The highest BCUT2D eigenvalue weighted by Crippen LogP contribution is 2.28. The van der Waals surface area contributed by atoms with E-state index < -0.39 is 17.7 Å². The van der Waals surface area contributed by atoms with Gasteiger partial charge in [-0.05, 0) is 54.4 Å². The summed E-state index contributed by atoms with van der Waals surface area (Å²) in [5.74, 6) is -1.82. The molecule has 4 aromatic rings. The number of aromatic nitrogens is 1. The Morgan fingerprint density at radius 3 is 2.36 bits per heavy atom. The Kier molecular flexibility index (Phi) is 6.64. The van der Waals surface area contributed by atoms with Crippen LogP contribution < -0.4 is 5.32 Å². The molecule has 0 atom stereocenters. The SMILES string of the molecule is CCCCOC(=O)c1ccc(NC(=O)C(=O)c2c(-c3ccccc3)cc3ccccn23)cc1. The summed E-state index contributed by atoms with van der Waals surface area (Å²) in [6.07, 6.45) is 3.51. The monoisotopic (exact) mass is 440 g/mol. The van der Waals surface area contributed by atoms with Gasteiger partial charge in [0.25, 0.3) is 11.7 Å². The lowest BCUT2D eigenvalue weighted by molar-refractivity contribution is -0.112. The molecule has 4 rings (SSSR count). The van der Waals surface area contributed by atoms with Crippen molar-refractivity contribution in [1.82, 2.24) is 4.40 Å². The number of pyridine rings is 1. The molecule has 1 amide bonds. The fourth-order valence-electron chi connectivity index (χ4n) is 3.57. The number of carbonyl (C=O) groups excluding carboxylic acids is 3. The van der Waals surface area contributed by atoms with Crippen LogP contribution in [0.25, 0.3) is 16.6 Å². The van der Waals surface area contributed by atoms with E-state index >= 15 is 0 Å². The number of Topliss-reactive ketones (excluding diaryl/α,β-unsaturated/α-hetero) is 1. The van der Waals surface area contributed by atoms with Gasteiger partial charge in [0.15, 0.2) is 0 Å². The van der Waals surface area contributed by atoms with E-state index in [1.165, 1.54) is 0 Å². The first kappa shape index (κ1) is 22.0. The summed E-state index contributed by atoms with van der Waals surface area (Å²) in [6.45, 7) is 2.39. The van der Waals surface area contributed by atoms with E-state index in [0.717, 1.165) is 23.9 Å². The molecule has 0 aliphatic rings. The summed E-state index contributed by atoms with van der Waals surface area (Å²) < 4.78 is 6.91. The zero-order valence-electron chi connectivity index (χ0n) is 18.3. The summed E-state index contributed by atoms with van der Waals surface area (Å²) >= 11 is 0. The molecule has 0 aliphatic carbocycles. The number of hydrogen-bond donors (Lipinski definition) is 1. The molecular formula is C27H24N2O4. The standard InChI is InChI=1S/C27H24N2O4/c1-2-3-17-33-27(32)20-12-14-21(15-13-20)28-26(31)25(30)24-23(19-9-5-4-6-10-19)18-22-11-7-8-16-29(22)24/h4-16,18H,2-3,17H2,1H3,(H,28,31). The molecule has 2 heterocycles. The second kappa shape index (κ2) is 9.96. The van der Waals surface area contributed by atoms with Crippen molar-refractivity contribution < 1.29 is 19.1 Å². The number of hydrogen-bond acceptors (Lipinski definition) is 4. The number of nitrogens with one attached hydrogen (secondary N) is 1. The second-order valence-electron chi connectivity index (χ2n) is 7.62. The van der Waals surface area contributed by atoms with Crippen LogP contribution in [-0.2, 0) is 9.53 Å². The van der Waals surface area contributed by atoms with Crippen molar-refractivity contribution in [3.05, 3.63) is 96.3 Å². The highest BCUT2D eigenvalue weighted by atomic mass is 16.5. The van der Waals surface area contributed by atoms with Gasteiger partial charge in [-0.2, -0.15) is 0 Å². The number of fused-ring (bicyclic) bond motifs is 1. The summed E-state index contributed by atoms with van der Waals surface area (Å²) in [5, 5.41) is 2.64. The van der Waals surface area contributed by atoms with Crippen LogP contribution in [0.2, 0.25) is 0 Å². The van der Waals surface area contributed by atoms with Crippen molar-refractivity contribution in [3.8, 4) is 11.1 Å². The molecule has 33 heavy (non-hydrogen) atoms. The van der Waals surface area contributed by atoms with E-state index in [4.69, 9.17) is 4.74 Å². The largest absolute Gasteiger partial charge is 0.462 e. The van der Waals surface area contributed by atoms with Crippen molar-refractivity contribution in [3.63, 3.8) is 0 Å². The molecule has 0 unspecified atom stereocenters. The van der Waals surface area contributed by atoms with Gasteiger partial charge in [0.1, 0.15) is 5.69 Å². The number of ketones is 1. The van der Waals surface area contributed by atoms with Crippen molar-refractivity contribution in [1.29, 1.82) is 0 Å². The minimum atomic E-state index is -0.755. The smallest absolute Gasteiger partial charge is 0.338 e. The Morgan fingerprint density at radius 2 is 1.64 bits per heavy atom. The molecular weight excluding hydrogens is 416 g/mol. The van der Waals surface area contributed by atoms with Crippen molar-refractivity contribution in [2.24, 2.45) is 0 Å². The molecule has 0 radical (unpaired) electrons. The van der Waals surface area contributed by atoms with Crippen LogP contribution in [0.5, 0.6) is 0 Å². The molecule has 0 fully saturated rings. The van der Waals surface area contributed by atoms with Crippen LogP contribution in [0.3, 0.4) is 0 Å². The van der Waals surface area contributed by atoms with Crippen molar-refractivity contribution in [2.45, 2.75) is 19.8 Å². The number of anilines is 1. The van der Waals surface area contributed by atoms with E-state index in [0.29, 0.717) is 29.1 Å². The lowest BCUT2D eigenvalue weighted by atomic mass is 10.0. The topological polar surface area (TPSA) is 76.9 Å². The average Bonchev–Trinajstić information content (AvgIpc) is 3.24. The van der Waals surface area contributed by atoms with Gasteiger partial charge in [0, 0.05) is 23.0 Å². The number of amides is 1. The molecule has 0 aliphatic heterocycles. The summed E-state index contributed by atoms with van der Waals surface area (Å²) in [5.41, 5.74) is 3.46. The number of rotatable bonds is 8. The molecule has 0 saturated heterocycles. The van der Waals surface area contributed by atoms with Crippen molar-refractivity contribution >= 4 is 28.9 Å². The van der Waals surface area contributed by atoms with Gasteiger partial charge in [-0.3, -0.25) is 9.59 Å². The third kappa shape index (κ3) is 4.85. The normalized spacial score (nSPS) is 10.7. The summed E-state index contributed by atoms with van der Waals surface area (Å²) in [4.78, 5) is 38.1. The first-order chi connectivity index (χ1) is 16.1. The zero-order valence-corrected chi connectivity index (χ0v) is 18.3. The van der Waals surface area contributed by atoms with Gasteiger partial charge < -0.3 is 14.5 Å². The predicted octanol–water partition coefficient (Wildman–Crippen LogP) is 5.38. The molecule has 6 heteroatoms. The van der Waals surface area contributed by atoms with Crippen LogP contribution in [0.1, 0.15) is 40.6 Å². The average molecular weight is 440 g/mol. The van der Waals surface area contributed by atoms with Gasteiger partial charge in [-0.1, -0.05) is 49.7 Å². The maximum Gasteiger partial charge on any atom is 0.338 e. The molecule has 0 bridgehead atoms. The minimum absolute atomic E-state index is 0.297. The number of esters is 1. The van der Waals surface area contributed by atoms with E-state index in [9.17, 15) is 14.4 Å². The summed E-state index contributed by atoms with van der Waals surface area (Å²) in [6, 6.07) is 23.3. The number of ether oxygens (including phenoxy) is 1. The predicted molar refractivity (Wildman–Crippen MR) is 127 cm³/mol. The number of carbonyl (C=O) groups is 3. The Bertz CT molecular complexity index is 1290. The van der Waals surface area contributed by atoms with Crippen LogP contribution in [0.4, 0.5) is 5.69 Å². The van der Waals surface area contributed by atoms with Crippen LogP contribution in [-0.4, -0.2) is 28.7 Å². The van der Waals surface area contributed by atoms with E-state index in [2.05, 4.69) is 5.32 Å². The Labute approximate surface area is 191 Å². The molecule has 6 nitrogen and oxygen atoms in total. The Balaban J connectivity index is 1.56. The number of unbranched alkanes of at least 4 members (excludes halogenated alkanes) is 1. The molecule has 2 aromatic carbocycles. The maximum atomic E-state index is 13.2. The second-order valence-corrected chi connectivity index (χ2v) is 7.62. The third-order valence-corrected chi connectivity index (χ3v) is 5.30. The van der Waals surface area contributed by atoms with Gasteiger partial charge in [0.05, 0.1) is 12.2 Å². The highest BCUT2D eigenvalue weighted by Gasteiger charge is 2.24. The summed E-state index contributed by atoms with van der Waals surface area (Å²) in [7, 11) is 0. The maximum absolute atomic E-state index is 13.2. The Morgan fingerprint density at radius 1 is 0.909 bits per heavy atom. The fourth-order valence-corrected chi connectivity index (χ4v) is 3.57. The molecule has 2 aromatic heterocycles. The molecule has 1 N–H and O–H groups in total. The lowest BCUT2D eigenvalue weighted by Gasteiger charge is -2.09. The highest BCUT2D eigenvalue weighted by molar-refractivity contribution is 6.47. The number of benzene rings is 2. The first-order valence-corrected chi connectivity index (χ1v) is 10.9. The van der Waals surface area contributed by atoms with E-state index in [1.807, 2.05) is 61.5 Å². The minimum Gasteiger partial charge on any atom is -0.462 e. The van der Waals surface area contributed by atoms with E-state index in [-0.39, 0.29) is 0 Å². The van der Waals surface area contributed by atoms with Gasteiger partial charge in [-0.15, -0.1) is 0 Å². The van der Waals surface area contributed by atoms with Crippen LogP contribution >= 0.6 is 0 Å². The van der Waals surface area contributed by atoms with Crippen molar-refractivity contribution in [2.75, 3.05) is 11.9 Å². The van der Waals surface area contributed by atoms with Gasteiger partial charge in [0.2, 0.25) is 0 Å². The lowest BCUT2D eigenvalue weighted by Crippen LogP contribution is -2.24. The fraction of sp³-hybridized carbons (Fsp3) is 0.148. The molecule has 0 spiro atoms. The van der Waals surface area contributed by atoms with Crippen LogP contribution in [0.15, 0.2) is 85.1 Å². The van der Waals surface area contributed by atoms with Gasteiger partial charge in [-0.25, -0.2) is 4.79 Å². The van der Waals surface area contributed by atoms with E-state index in [1.54, 1.807) is 34.9 Å². The van der Waals surface area contributed by atoms with Crippen LogP contribution in [0, 0.1) is 0 Å². The molecule has 0 saturated carbocycles. The number of nitrogens with zero attached hydrogens (tertiary/aromatic N) is 1. The third-order valence-electron chi connectivity index (χ3n) is 5.30. The zero-order chi connectivity index (χ0) is 23.2. The quantitative estimate of drug-likeness (QED) is 0.173. The Hall–Kier alpha value is -4.19. The first-order valence-electron chi connectivity index (χ1n) is 10.9.